The van der Waals surface area contributed by atoms with Crippen LogP contribution in [-0.4, -0.2) is 12.6 Å². The lowest BCUT2D eigenvalue weighted by Crippen LogP contribution is -2.09. The molecular weight excluding hydrogens is 415 g/mol. The molecule has 2 rings (SSSR count). The third-order valence-electron chi connectivity index (χ3n) is 4.09. The van der Waals surface area contributed by atoms with E-state index in [4.69, 9.17) is 9.47 Å². The zero-order valence-corrected chi connectivity index (χ0v) is 16.7. The van der Waals surface area contributed by atoms with Crippen molar-refractivity contribution in [2.75, 3.05) is 6.61 Å². The first kappa shape index (κ1) is 23.0. The van der Waals surface area contributed by atoms with Crippen molar-refractivity contribution in [2.24, 2.45) is 0 Å². The van der Waals surface area contributed by atoms with Crippen molar-refractivity contribution in [1.82, 2.24) is 0 Å². The summed E-state index contributed by atoms with van der Waals surface area (Å²) in [4.78, 5) is 10.0. The van der Waals surface area contributed by atoms with Crippen LogP contribution in [0.5, 0.6) is 11.5 Å². The van der Waals surface area contributed by atoms with Gasteiger partial charge in [-0.15, -0.1) is 0 Å². The molecule has 0 N–H and O–H groups in total. The molecule has 29 heavy (non-hydrogen) atoms. The first-order chi connectivity index (χ1) is 13.4. The van der Waals surface area contributed by atoms with E-state index in [0.717, 1.165) is 19.3 Å². The molecule has 3 nitrogen and oxygen atoms in total. The van der Waals surface area contributed by atoms with Crippen molar-refractivity contribution in [2.45, 2.75) is 43.9 Å². The molecule has 0 atom stereocenters. The molecule has 0 radical (unpaired) electrons. The van der Waals surface area contributed by atoms with Gasteiger partial charge in [-0.2, -0.15) is 0 Å². The lowest BCUT2D eigenvalue weighted by molar-refractivity contribution is 0.0734. The highest BCUT2D eigenvalue weighted by atomic mass is 32.5. The number of unbranched alkanes of at least 4 members (excludes halogenated alkanes) is 4. The standard InChI is InChI=1S/C20H23F5O3S/c1-2-3-4-5-6-15-27-17-9-7-16(8-10-17)20(26)28-18-11-13-19(14-12-18)29(21,22,23,24)25/h7-14H,2-6,15H2,1H3. The molecule has 0 spiro atoms. The van der Waals surface area contributed by atoms with Crippen LogP contribution in [0.2, 0.25) is 0 Å². The van der Waals surface area contributed by atoms with Gasteiger partial charge in [-0.25, -0.2) is 4.79 Å². The minimum Gasteiger partial charge on any atom is -0.494 e. The summed E-state index contributed by atoms with van der Waals surface area (Å²) >= 11 is 0. The van der Waals surface area contributed by atoms with E-state index in [-0.39, 0.29) is 23.4 Å². The molecular formula is C20H23F5O3S. The van der Waals surface area contributed by atoms with Gasteiger partial charge in [0.25, 0.3) is 0 Å². The van der Waals surface area contributed by atoms with Crippen LogP contribution < -0.4 is 9.47 Å². The Labute approximate surface area is 166 Å². The molecule has 0 saturated heterocycles. The number of halogens is 5. The van der Waals surface area contributed by atoms with Crippen molar-refractivity contribution in [1.29, 1.82) is 0 Å². The van der Waals surface area contributed by atoms with E-state index in [1.54, 1.807) is 12.1 Å². The Kier molecular flexibility index (Phi) is 6.51. The van der Waals surface area contributed by atoms with E-state index >= 15 is 0 Å². The van der Waals surface area contributed by atoms with Gasteiger partial charge in [-0.3, -0.25) is 0 Å². The largest absolute Gasteiger partial charge is 0.494 e. The van der Waals surface area contributed by atoms with Crippen LogP contribution in [0.4, 0.5) is 19.4 Å². The molecule has 0 aliphatic heterocycles. The molecule has 2 aromatic carbocycles. The van der Waals surface area contributed by atoms with Gasteiger partial charge < -0.3 is 9.47 Å². The molecule has 0 saturated carbocycles. The van der Waals surface area contributed by atoms with Gasteiger partial charge in [-0.05, 0) is 55.0 Å². The van der Waals surface area contributed by atoms with Crippen LogP contribution in [0.3, 0.4) is 0 Å². The fraction of sp³-hybridized carbons (Fsp3) is 0.350. The third kappa shape index (κ3) is 7.56. The molecule has 0 amide bonds. The maximum absolute atomic E-state index is 12.7. The second kappa shape index (κ2) is 8.22. The summed E-state index contributed by atoms with van der Waals surface area (Å²) in [5.41, 5.74) is 0.150. The summed E-state index contributed by atoms with van der Waals surface area (Å²) in [7, 11) is -9.75. The first-order valence-corrected chi connectivity index (χ1v) is 11.1. The molecule has 0 aliphatic carbocycles. The first-order valence-electron chi connectivity index (χ1n) is 9.18. The molecule has 162 valence electrons. The minimum atomic E-state index is -9.75. The maximum Gasteiger partial charge on any atom is 0.343 e. The summed E-state index contributed by atoms with van der Waals surface area (Å²) in [6.45, 7) is 2.70. The average Bonchev–Trinajstić information content (AvgIpc) is 2.63. The fourth-order valence-electron chi connectivity index (χ4n) is 2.51. The summed E-state index contributed by atoms with van der Waals surface area (Å²) in [5, 5.41) is 0. The quantitative estimate of drug-likeness (QED) is 0.164. The normalized spacial score (nSPS) is 14.0. The Morgan fingerprint density at radius 1 is 0.793 bits per heavy atom. The average molecular weight is 438 g/mol. The van der Waals surface area contributed by atoms with Crippen LogP contribution in [0.1, 0.15) is 49.4 Å². The highest BCUT2D eigenvalue weighted by molar-refractivity contribution is 8.45. The number of esters is 1. The second-order valence-corrected chi connectivity index (χ2v) is 9.03. The summed E-state index contributed by atoms with van der Waals surface area (Å²) in [6, 6.07) is 7.83. The molecule has 0 unspecified atom stereocenters. The Hall–Kier alpha value is -2.29. The van der Waals surface area contributed by atoms with E-state index in [0.29, 0.717) is 24.5 Å². The molecule has 0 bridgehead atoms. The molecule has 0 fully saturated rings. The summed E-state index contributed by atoms with van der Waals surface area (Å²) < 4.78 is 74.0. The Bertz CT molecular complexity index is 819. The van der Waals surface area contributed by atoms with Gasteiger partial charge in [0.15, 0.2) is 0 Å². The van der Waals surface area contributed by atoms with Crippen molar-refractivity contribution in [3.05, 3.63) is 54.1 Å². The highest BCUT2D eigenvalue weighted by Crippen LogP contribution is 3.02. The predicted molar refractivity (Wildman–Crippen MR) is 103 cm³/mol. The van der Waals surface area contributed by atoms with E-state index in [2.05, 4.69) is 6.92 Å². The monoisotopic (exact) mass is 438 g/mol. The van der Waals surface area contributed by atoms with E-state index in [9.17, 15) is 24.2 Å². The Balaban J connectivity index is 1.89. The summed E-state index contributed by atoms with van der Waals surface area (Å²) in [6.07, 6.45) is 5.53. The van der Waals surface area contributed by atoms with E-state index < -0.39 is 21.1 Å². The lowest BCUT2D eigenvalue weighted by atomic mass is 10.2. The van der Waals surface area contributed by atoms with Gasteiger partial charge in [0.2, 0.25) is 0 Å². The maximum atomic E-state index is 12.7. The third-order valence-corrected chi connectivity index (χ3v) is 5.25. The highest BCUT2D eigenvalue weighted by Gasteiger charge is 2.65. The van der Waals surface area contributed by atoms with Crippen molar-refractivity contribution >= 4 is 16.2 Å². The van der Waals surface area contributed by atoms with Crippen LogP contribution >= 0.6 is 10.2 Å². The number of hydrogen-bond acceptors (Lipinski definition) is 3. The van der Waals surface area contributed by atoms with Crippen LogP contribution in [0, 0.1) is 0 Å². The molecule has 0 heterocycles. The number of ether oxygens (including phenoxy) is 2. The fourth-order valence-corrected chi connectivity index (χ4v) is 3.16. The van der Waals surface area contributed by atoms with Gasteiger partial charge in [0.05, 0.1) is 12.2 Å². The van der Waals surface area contributed by atoms with E-state index in [1.165, 1.54) is 25.0 Å². The molecule has 2 aromatic rings. The van der Waals surface area contributed by atoms with Gasteiger partial charge in [0, 0.05) is 0 Å². The number of carbonyl (C=O) groups is 1. The Morgan fingerprint density at radius 2 is 1.34 bits per heavy atom. The zero-order valence-electron chi connectivity index (χ0n) is 15.9. The predicted octanol–water partition coefficient (Wildman–Crippen LogP) is 7.91. The van der Waals surface area contributed by atoms with Crippen LogP contribution in [0.25, 0.3) is 0 Å². The SMILES string of the molecule is CCCCCCCOc1ccc(C(=O)Oc2ccc(S(F)(F)(F)(F)F)cc2)cc1. The van der Waals surface area contributed by atoms with Gasteiger partial charge in [0.1, 0.15) is 16.4 Å². The summed E-state index contributed by atoms with van der Waals surface area (Å²) in [5.74, 6) is -0.513. The lowest BCUT2D eigenvalue weighted by Gasteiger charge is -2.40. The number of carbonyl (C=O) groups excluding carboxylic acids is 1. The van der Waals surface area contributed by atoms with Crippen LogP contribution in [-0.2, 0) is 0 Å². The Morgan fingerprint density at radius 3 is 1.90 bits per heavy atom. The number of benzene rings is 2. The van der Waals surface area contributed by atoms with Crippen molar-refractivity contribution in [3.63, 3.8) is 0 Å². The molecule has 9 heteroatoms. The molecule has 0 aliphatic rings. The van der Waals surface area contributed by atoms with Crippen LogP contribution in [0.15, 0.2) is 53.4 Å². The number of rotatable bonds is 10. The van der Waals surface area contributed by atoms with Gasteiger partial charge >= 0.3 is 16.2 Å². The number of hydrogen-bond donors (Lipinski definition) is 0. The second-order valence-electron chi connectivity index (χ2n) is 6.62. The van der Waals surface area contributed by atoms with E-state index in [1.807, 2.05) is 0 Å². The van der Waals surface area contributed by atoms with Gasteiger partial charge in [-0.1, -0.05) is 52.0 Å². The topological polar surface area (TPSA) is 35.5 Å². The van der Waals surface area contributed by atoms with Crippen molar-refractivity contribution in [3.8, 4) is 11.5 Å². The van der Waals surface area contributed by atoms with Crippen molar-refractivity contribution < 1.29 is 33.7 Å². The zero-order chi connectivity index (χ0) is 21.6. The smallest absolute Gasteiger partial charge is 0.343 e. The minimum absolute atomic E-state index is 0.150. The molecule has 0 aromatic heterocycles.